The van der Waals surface area contributed by atoms with Crippen molar-refractivity contribution >= 4 is 34.4 Å². The van der Waals surface area contributed by atoms with Crippen LogP contribution in [0.15, 0.2) is 53.7 Å². The molecule has 32 heavy (non-hydrogen) atoms. The summed E-state index contributed by atoms with van der Waals surface area (Å²) >= 11 is 1.40. The highest BCUT2D eigenvalue weighted by atomic mass is 32.2. The molecule has 0 radical (unpaired) electrons. The van der Waals surface area contributed by atoms with Crippen molar-refractivity contribution in [3.8, 4) is 11.5 Å². The Labute approximate surface area is 188 Å². The third-order valence-electron chi connectivity index (χ3n) is 5.14. The van der Waals surface area contributed by atoms with Gasteiger partial charge in [-0.05, 0) is 50.2 Å². The maximum atomic E-state index is 10.4. The quantitative estimate of drug-likeness (QED) is 0.343. The second-order valence-corrected chi connectivity index (χ2v) is 8.23. The van der Waals surface area contributed by atoms with Gasteiger partial charge in [0.15, 0.2) is 0 Å². The Morgan fingerprint density at radius 2 is 1.66 bits per heavy atom. The van der Waals surface area contributed by atoms with Gasteiger partial charge in [0.2, 0.25) is 10.9 Å². The van der Waals surface area contributed by atoms with E-state index in [0.717, 1.165) is 29.1 Å². The fraction of sp³-hybridized carbons (Fsp3) is 0.318. The largest absolute Gasteiger partial charge is 0.494 e. The Morgan fingerprint density at radius 1 is 0.938 bits per heavy atom. The smallest absolute Gasteiger partial charge is 0.260 e. The maximum Gasteiger partial charge on any atom is 0.260 e. The summed E-state index contributed by atoms with van der Waals surface area (Å²) in [4.78, 5) is 0. The average molecular weight is 453 g/mol. The molecule has 2 aromatic carbocycles. The van der Waals surface area contributed by atoms with E-state index in [0.29, 0.717) is 29.0 Å². The molecule has 10 heteroatoms. The van der Waals surface area contributed by atoms with Crippen LogP contribution in [0.1, 0.15) is 13.8 Å². The number of aliphatic hydroxyl groups excluding tert-OH is 1. The zero-order valence-electron chi connectivity index (χ0n) is 17.9. The van der Waals surface area contributed by atoms with Gasteiger partial charge in [-0.2, -0.15) is 4.52 Å². The van der Waals surface area contributed by atoms with Crippen molar-refractivity contribution in [3.05, 3.63) is 48.5 Å². The lowest BCUT2D eigenvalue weighted by molar-refractivity contribution is 0.126. The summed E-state index contributed by atoms with van der Waals surface area (Å²) in [6, 6.07) is 15.5. The molecule has 5 rings (SSSR count). The lowest BCUT2D eigenvalue weighted by Crippen LogP contribution is -2.20. The summed E-state index contributed by atoms with van der Waals surface area (Å²) in [5.74, 6) is 3.37. The van der Waals surface area contributed by atoms with Crippen LogP contribution in [-0.4, -0.2) is 59.0 Å². The summed E-state index contributed by atoms with van der Waals surface area (Å²) in [7, 11) is 0. The van der Waals surface area contributed by atoms with Crippen molar-refractivity contribution < 1.29 is 14.6 Å². The number of hydrogen-bond donors (Lipinski definition) is 1. The standard InChI is InChI=1S/C22H24N6O3S/c1-3-26-18-7-5-6-8-19(18)27-20-23-24-22(28(20)25-21(26)27)32-14-15(29)13-31-17-11-9-16(10-12-17)30-4-2/h5-12,15,29H,3-4,13-14H2,1-2H3. The van der Waals surface area contributed by atoms with Gasteiger partial charge in [0.1, 0.15) is 18.1 Å². The van der Waals surface area contributed by atoms with Crippen molar-refractivity contribution in [3.63, 3.8) is 0 Å². The molecule has 0 aliphatic heterocycles. The number of aryl methyl sites for hydroxylation is 1. The van der Waals surface area contributed by atoms with E-state index >= 15 is 0 Å². The van der Waals surface area contributed by atoms with Gasteiger partial charge in [-0.3, -0.25) is 0 Å². The molecule has 3 aromatic heterocycles. The van der Waals surface area contributed by atoms with Crippen LogP contribution < -0.4 is 9.47 Å². The van der Waals surface area contributed by atoms with E-state index < -0.39 is 6.10 Å². The second-order valence-electron chi connectivity index (χ2n) is 7.24. The Hall–Kier alpha value is -3.24. The van der Waals surface area contributed by atoms with Gasteiger partial charge in [-0.1, -0.05) is 23.9 Å². The number of ether oxygens (including phenoxy) is 2. The number of hydrogen-bond acceptors (Lipinski definition) is 7. The van der Waals surface area contributed by atoms with Crippen LogP contribution in [0.2, 0.25) is 0 Å². The number of benzene rings is 2. The number of fused-ring (bicyclic) bond motifs is 5. The fourth-order valence-corrected chi connectivity index (χ4v) is 4.48. The molecule has 0 spiro atoms. The van der Waals surface area contributed by atoms with Crippen LogP contribution in [-0.2, 0) is 6.54 Å². The molecule has 0 amide bonds. The van der Waals surface area contributed by atoms with E-state index in [-0.39, 0.29) is 6.61 Å². The van der Waals surface area contributed by atoms with Crippen LogP contribution in [0.4, 0.5) is 0 Å². The van der Waals surface area contributed by atoms with Gasteiger partial charge in [0, 0.05) is 12.3 Å². The number of aromatic nitrogens is 6. The van der Waals surface area contributed by atoms with Crippen LogP contribution in [0.25, 0.3) is 22.6 Å². The van der Waals surface area contributed by atoms with E-state index in [9.17, 15) is 5.11 Å². The predicted molar refractivity (Wildman–Crippen MR) is 123 cm³/mol. The first-order valence-electron chi connectivity index (χ1n) is 10.6. The topological polar surface area (TPSA) is 91.1 Å². The zero-order chi connectivity index (χ0) is 22.1. The molecule has 0 aliphatic carbocycles. The molecule has 1 atom stereocenters. The molecule has 0 saturated carbocycles. The molecule has 9 nitrogen and oxygen atoms in total. The summed E-state index contributed by atoms with van der Waals surface area (Å²) in [5, 5.41) is 24.4. The number of nitrogens with zero attached hydrogens (tertiary/aromatic N) is 6. The molecular weight excluding hydrogens is 428 g/mol. The van der Waals surface area contributed by atoms with Crippen molar-refractivity contribution in [1.29, 1.82) is 0 Å². The van der Waals surface area contributed by atoms with Crippen LogP contribution in [0, 0.1) is 0 Å². The summed E-state index contributed by atoms with van der Waals surface area (Å²) in [6.45, 7) is 5.64. The molecule has 0 aliphatic rings. The third kappa shape index (κ3) is 3.65. The fourth-order valence-electron chi connectivity index (χ4n) is 3.70. The summed E-state index contributed by atoms with van der Waals surface area (Å²) < 4.78 is 17.0. The minimum absolute atomic E-state index is 0.180. The number of thioether (sulfide) groups is 1. The maximum absolute atomic E-state index is 10.4. The minimum Gasteiger partial charge on any atom is -0.494 e. The monoisotopic (exact) mass is 452 g/mol. The summed E-state index contributed by atoms with van der Waals surface area (Å²) in [5.41, 5.74) is 2.15. The van der Waals surface area contributed by atoms with Crippen molar-refractivity contribution in [2.75, 3.05) is 19.0 Å². The van der Waals surface area contributed by atoms with E-state index in [4.69, 9.17) is 14.6 Å². The van der Waals surface area contributed by atoms with E-state index in [1.807, 2.05) is 47.7 Å². The molecule has 1 N–H and O–H groups in total. The van der Waals surface area contributed by atoms with Gasteiger partial charge in [-0.15, -0.1) is 15.3 Å². The normalized spacial score (nSPS) is 12.7. The molecule has 166 valence electrons. The van der Waals surface area contributed by atoms with Crippen molar-refractivity contribution in [2.45, 2.75) is 31.7 Å². The highest BCUT2D eigenvalue weighted by Crippen LogP contribution is 2.25. The van der Waals surface area contributed by atoms with Crippen LogP contribution >= 0.6 is 11.8 Å². The lowest BCUT2D eigenvalue weighted by Gasteiger charge is -2.12. The number of aliphatic hydroxyl groups is 1. The molecule has 5 aromatic rings. The first-order valence-corrected chi connectivity index (χ1v) is 11.6. The highest BCUT2D eigenvalue weighted by molar-refractivity contribution is 7.99. The Bertz CT molecular complexity index is 1360. The lowest BCUT2D eigenvalue weighted by atomic mass is 10.3. The first kappa shape index (κ1) is 20.7. The van der Waals surface area contributed by atoms with Gasteiger partial charge in [0.25, 0.3) is 5.78 Å². The molecular formula is C22H24N6O3S. The third-order valence-corrected chi connectivity index (χ3v) is 6.20. The average Bonchev–Trinajstić information content (AvgIpc) is 3.46. The zero-order valence-corrected chi connectivity index (χ0v) is 18.7. The second kappa shape index (κ2) is 8.71. The Kier molecular flexibility index (Phi) is 5.62. The van der Waals surface area contributed by atoms with Crippen molar-refractivity contribution in [1.82, 2.24) is 28.8 Å². The van der Waals surface area contributed by atoms with E-state index in [2.05, 4.69) is 33.8 Å². The molecule has 0 bridgehead atoms. The first-order chi connectivity index (χ1) is 15.7. The number of para-hydroxylation sites is 2. The Morgan fingerprint density at radius 3 is 2.38 bits per heavy atom. The summed E-state index contributed by atoms with van der Waals surface area (Å²) in [6.07, 6.45) is -0.666. The SMILES string of the molecule is CCOc1ccc(OCC(O)CSc2nnc3n2nc2n(CC)c4ccccc4n23)cc1. The van der Waals surface area contributed by atoms with E-state index in [1.165, 1.54) is 11.8 Å². The molecule has 0 saturated heterocycles. The Balaban J connectivity index is 1.29. The highest BCUT2D eigenvalue weighted by Gasteiger charge is 2.20. The van der Waals surface area contributed by atoms with Gasteiger partial charge < -0.3 is 19.1 Å². The van der Waals surface area contributed by atoms with Gasteiger partial charge >= 0.3 is 0 Å². The van der Waals surface area contributed by atoms with Gasteiger partial charge in [0.05, 0.1) is 23.7 Å². The molecule has 0 fully saturated rings. The predicted octanol–water partition coefficient (Wildman–Crippen LogP) is 3.28. The van der Waals surface area contributed by atoms with Crippen LogP contribution in [0.5, 0.6) is 11.5 Å². The molecule has 1 unspecified atom stereocenters. The van der Waals surface area contributed by atoms with Gasteiger partial charge in [-0.25, -0.2) is 4.40 Å². The number of rotatable bonds is 9. The van der Waals surface area contributed by atoms with Crippen molar-refractivity contribution in [2.24, 2.45) is 0 Å². The van der Waals surface area contributed by atoms with E-state index in [1.54, 1.807) is 4.52 Å². The van der Waals surface area contributed by atoms with Crippen LogP contribution in [0.3, 0.4) is 0 Å². The number of imidazole rings is 1. The molecule has 3 heterocycles. The minimum atomic E-state index is -0.666.